The van der Waals surface area contributed by atoms with Crippen molar-refractivity contribution in [2.45, 2.75) is 0 Å². The van der Waals surface area contributed by atoms with E-state index in [1.54, 1.807) is 6.20 Å². The Morgan fingerprint density at radius 3 is 2.34 bits per heavy atom. The second kappa shape index (κ2) is 9.55. The number of para-hydroxylation sites is 1. The summed E-state index contributed by atoms with van der Waals surface area (Å²) in [5, 5.41) is 1.17. The molecule has 1 radical (unpaired) electrons. The van der Waals surface area contributed by atoms with Gasteiger partial charge in [-0.25, -0.2) is 0 Å². The van der Waals surface area contributed by atoms with Crippen molar-refractivity contribution in [3.63, 3.8) is 0 Å². The summed E-state index contributed by atoms with van der Waals surface area (Å²) in [4.78, 5) is 8.56. The number of nitrogens with zero attached hydrogens (tertiary/aromatic N) is 4. The summed E-state index contributed by atoms with van der Waals surface area (Å²) >= 11 is 0. The van der Waals surface area contributed by atoms with Gasteiger partial charge in [0.15, 0.2) is 0 Å². The first-order valence-electron chi connectivity index (χ1n) is 9.22. The molecule has 4 aromatic rings. The van der Waals surface area contributed by atoms with Crippen molar-refractivity contribution >= 4 is 16.7 Å². The molecular weight excluding hydrogens is 537 g/mol. The molecule has 0 N–H and O–H groups in total. The zero-order chi connectivity index (χ0) is 19.3. The first-order chi connectivity index (χ1) is 13.7. The predicted molar refractivity (Wildman–Crippen MR) is 115 cm³/mol. The standard InChI is InChI=1S/C13H14N3.C11H8N.Ir/c1-14-7-8-16(10-14)13-9-11-5-3-4-6-12(11)15(13)2;1-2-6-10(7-3-1)11-8-4-5-9-12-11;/h3-8H,10H2,1-2H3;1-6,8-9H;/q2*-1;. The Hall–Kier alpha value is -2.88. The van der Waals surface area contributed by atoms with Gasteiger partial charge in [0.05, 0.1) is 6.67 Å². The summed E-state index contributed by atoms with van der Waals surface area (Å²) in [7, 11) is 4.15. The van der Waals surface area contributed by atoms with Crippen molar-refractivity contribution in [2.24, 2.45) is 7.05 Å². The smallest absolute Gasteiger partial charge is 0.0942 e. The monoisotopic (exact) mass is 559 g/mol. The number of rotatable bonds is 2. The van der Waals surface area contributed by atoms with E-state index in [9.17, 15) is 0 Å². The summed E-state index contributed by atoms with van der Waals surface area (Å²) in [5.74, 6) is 1.11. The molecule has 4 nitrogen and oxygen atoms in total. The van der Waals surface area contributed by atoms with Crippen molar-refractivity contribution in [3.05, 3.63) is 97.5 Å². The van der Waals surface area contributed by atoms with Crippen LogP contribution in [0.15, 0.2) is 85.3 Å². The second-order valence-electron chi connectivity index (χ2n) is 6.68. The Kier molecular flexibility index (Phi) is 6.86. The van der Waals surface area contributed by atoms with Crippen LogP contribution >= 0.6 is 0 Å². The van der Waals surface area contributed by atoms with Gasteiger partial charge in [-0.2, -0.15) is 11.5 Å². The van der Waals surface area contributed by atoms with Gasteiger partial charge in [0.2, 0.25) is 0 Å². The maximum absolute atomic E-state index is 4.22. The summed E-state index contributed by atoms with van der Waals surface area (Å²) in [6.45, 7) is 0.890. The van der Waals surface area contributed by atoms with E-state index in [1.807, 2.05) is 42.5 Å². The van der Waals surface area contributed by atoms with Gasteiger partial charge < -0.3 is 19.4 Å². The molecule has 0 spiro atoms. The number of anilines is 1. The largest absolute Gasteiger partial charge is 0.394 e. The van der Waals surface area contributed by atoms with Crippen molar-refractivity contribution in [1.29, 1.82) is 0 Å². The van der Waals surface area contributed by atoms with E-state index in [1.165, 1.54) is 10.9 Å². The number of benzene rings is 2. The fourth-order valence-electron chi connectivity index (χ4n) is 3.20. The van der Waals surface area contributed by atoms with Crippen molar-refractivity contribution in [1.82, 2.24) is 14.5 Å². The van der Waals surface area contributed by atoms with Gasteiger partial charge >= 0.3 is 0 Å². The molecule has 0 saturated heterocycles. The molecule has 0 aliphatic carbocycles. The summed E-state index contributed by atoms with van der Waals surface area (Å²) < 4.78 is 2.18. The quantitative estimate of drug-likeness (QED) is 0.334. The van der Waals surface area contributed by atoms with Gasteiger partial charge in [-0.15, -0.1) is 48.0 Å². The topological polar surface area (TPSA) is 24.3 Å². The molecule has 2 aromatic heterocycles. The van der Waals surface area contributed by atoms with Crippen LogP contribution in [0.25, 0.3) is 22.2 Å². The number of hydrogen-bond donors (Lipinski definition) is 0. The Morgan fingerprint density at radius 1 is 0.897 bits per heavy atom. The maximum Gasteiger partial charge on any atom is 0.0942 e. The number of aryl methyl sites for hydroxylation is 1. The molecule has 2 aromatic carbocycles. The van der Waals surface area contributed by atoms with Gasteiger partial charge in [0.1, 0.15) is 0 Å². The van der Waals surface area contributed by atoms with Crippen molar-refractivity contribution < 1.29 is 20.1 Å². The minimum atomic E-state index is 0. The molecule has 149 valence electrons. The van der Waals surface area contributed by atoms with Crippen LogP contribution in [-0.4, -0.2) is 28.2 Å². The van der Waals surface area contributed by atoms with Crippen LogP contribution in [0.3, 0.4) is 0 Å². The molecule has 0 saturated carbocycles. The number of hydrogen-bond acceptors (Lipinski definition) is 3. The third kappa shape index (κ3) is 4.76. The van der Waals surface area contributed by atoms with Crippen LogP contribution < -0.4 is 4.90 Å². The molecule has 1 aliphatic heterocycles. The van der Waals surface area contributed by atoms with E-state index >= 15 is 0 Å². The average Bonchev–Trinajstić information content (AvgIpc) is 3.33. The zero-order valence-electron chi connectivity index (χ0n) is 16.4. The second-order valence-corrected chi connectivity index (χ2v) is 6.68. The fraction of sp³-hybridized carbons (Fsp3) is 0.125. The van der Waals surface area contributed by atoms with Crippen molar-refractivity contribution in [2.75, 3.05) is 18.6 Å². The van der Waals surface area contributed by atoms with Gasteiger partial charge in [0.25, 0.3) is 0 Å². The van der Waals surface area contributed by atoms with E-state index in [-0.39, 0.29) is 20.1 Å². The summed E-state index contributed by atoms with van der Waals surface area (Å²) in [5.41, 5.74) is 3.23. The minimum absolute atomic E-state index is 0. The van der Waals surface area contributed by atoms with Gasteiger partial charge in [-0.1, -0.05) is 29.8 Å². The third-order valence-electron chi connectivity index (χ3n) is 4.63. The van der Waals surface area contributed by atoms with Crippen LogP contribution in [0.5, 0.6) is 0 Å². The molecule has 5 heteroatoms. The van der Waals surface area contributed by atoms with Crippen LogP contribution in [0.2, 0.25) is 0 Å². The molecule has 0 fully saturated rings. The Morgan fingerprint density at radius 2 is 1.69 bits per heavy atom. The Bertz CT molecular complexity index is 1040. The van der Waals surface area contributed by atoms with E-state index in [4.69, 9.17) is 0 Å². The zero-order valence-corrected chi connectivity index (χ0v) is 18.8. The Balaban J connectivity index is 0.000000167. The van der Waals surface area contributed by atoms with E-state index in [0.717, 1.165) is 23.7 Å². The Labute approximate surface area is 185 Å². The molecule has 0 atom stereocenters. The molecule has 0 bridgehead atoms. The fourth-order valence-corrected chi connectivity index (χ4v) is 3.20. The summed E-state index contributed by atoms with van der Waals surface area (Å²) in [6, 6.07) is 28.6. The molecular formula is C24H22IrN4-2. The molecule has 5 rings (SSSR count). The van der Waals surface area contributed by atoms with Crippen LogP contribution in [0.4, 0.5) is 5.82 Å². The number of pyridine rings is 1. The molecule has 3 heterocycles. The van der Waals surface area contributed by atoms with Crippen LogP contribution in [0.1, 0.15) is 0 Å². The number of fused-ring (bicyclic) bond motifs is 1. The normalized spacial score (nSPS) is 12.5. The maximum atomic E-state index is 4.22. The average molecular weight is 559 g/mol. The van der Waals surface area contributed by atoms with Crippen LogP contribution in [-0.2, 0) is 27.2 Å². The summed E-state index contributed by atoms with van der Waals surface area (Å²) in [6.07, 6.45) is 5.95. The van der Waals surface area contributed by atoms with E-state index in [2.05, 4.69) is 82.2 Å². The van der Waals surface area contributed by atoms with Gasteiger partial charge in [-0.05, 0) is 18.8 Å². The number of aromatic nitrogens is 2. The molecule has 1 aliphatic rings. The third-order valence-corrected chi connectivity index (χ3v) is 4.63. The SMILES string of the molecule is CN1C=CN(c2[c-]c3ccccc3n2C)C1.[Ir].[c-]1ccccc1-c1ccccn1. The van der Waals surface area contributed by atoms with Crippen LogP contribution in [0, 0.1) is 12.1 Å². The molecule has 29 heavy (non-hydrogen) atoms. The van der Waals surface area contributed by atoms with E-state index in [0.29, 0.717) is 0 Å². The van der Waals surface area contributed by atoms with Gasteiger partial charge in [-0.3, -0.25) is 0 Å². The van der Waals surface area contributed by atoms with Gasteiger partial charge in [0, 0.05) is 51.6 Å². The van der Waals surface area contributed by atoms with Crippen molar-refractivity contribution in [3.8, 4) is 11.3 Å². The molecule has 0 unspecified atom stereocenters. The first-order valence-corrected chi connectivity index (χ1v) is 9.22. The predicted octanol–water partition coefficient (Wildman–Crippen LogP) is 4.71. The first kappa shape index (κ1) is 20.8. The molecule has 0 amide bonds. The van der Waals surface area contributed by atoms with E-state index < -0.39 is 0 Å². The minimum Gasteiger partial charge on any atom is -0.394 e.